The van der Waals surface area contributed by atoms with E-state index >= 15 is 0 Å². The molecule has 9 nitrogen and oxygen atoms in total. The summed E-state index contributed by atoms with van der Waals surface area (Å²) in [4.78, 5) is 7.95. The van der Waals surface area contributed by atoms with E-state index < -0.39 is 43.7 Å². The predicted octanol–water partition coefficient (Wildman–Crippen LogP) is -2.87. The van der Waals surface area contributed by atoms with Crippen molar-refractivity contribution in [3.8, 4) is 0 Å². The fraction of sp³-hybridized carbons (Fsp3) is 0.692. The summed E-state index contributed by atoms with van der Waals surface area (Å²) in [5, 5.41) is 56.4. The van der Waals surface area contributed by atoms with E-state index in [2.05, 4.69) is 9.97 Å². The van der Waals surface area contributed by atoms with Crippen LogP contribution in [0.5, 0.6) is 0 Å². The van der Waals surface area contributed by atoms with Gasteiger partial charge in [0.2, 0.25) is 0 Å². The summed E-state index contributed by atoms with van der Waals surface area (Å²) >= 11 is 0. The first kappa shape index (κ1) is 18.8. The summed E-state index contributed by atoms with van der Waals surface area (Å²) in [7, 11) is 1.27. The van der Waals surface area contributed by atoms with Crippen molar-refractivity contribution in [3.05, 3.63) is 23.8 Å². The third kappa shape index (κ3) is 4.92. The fourth-order valence-corrected chi connectivity index (χ4v) is 1.90. The quantitative estimate of drug-likeness (QED) is 0.282. The molecule has 0 saturated heterocycles. The maximum Gasteiger partial charge on any atom is 0.126 e. The lowest BCUT2D eigenvalue weighted by Crippen LogP contribution is -2.37. The minimum Gasteiger partial charge on any atom is -0.394 e. The van der Waals surface area contributed by atoms with Crippen molar-refractivity contribution in [1.29, 1.82) is 0 Å². The molecule has 1 aromatic rings. The van der Waals surface area contributed by atoms with Crippen LogP contribution in [-0.4, -0.2) is 85.3 Å². The lowest BCUT2D eigenvalue weighted by atomic mass is 10.0. The molecule has 0 aliphatic heterocycles. The average molecular weight is 318 g/mol. The van der Waals surface area contributed by atoms with Crippen molar-refractivity contribution in [1.82, 2.24) is 9.97 Å². The SMILES string of the molecule is CO[C@@H]([C@H](O)c1cncc(C[C@H](O)[C@@H](O)CO)n1)[C@@H](O)CO. The number of hydrogen-bond acceptors (Lipinski definition) is 9. The van der Waals surface area contributed by atoms with Crippen molar-refractivity contribution >= 4 is 0 Å². The van der Waals surface area contributed by atoms with Gasteiger partial charge in [-0.15, -0.1) is 0 Å². The topological polar surface area (TPSA) is 156 Å². The normalized spacial score (nSPS) is 18.5. The molecular formula is C13H22N2O7. The van der Waals surface area contributed by atoms with E-state index in [1.165, 1.54) is 19.5 Å². The minimum absolute atomic E-state index is 0.0739. The lowest BCUT2D eigenvalue weighted by molar-refractivity contribution is -0.0987. The Hall–Kier alpha value is -1.20. The number of aromatic nitrogens is 2. The third-order valence-electron chi connectivity index (χ3n) is 3.21. The third-order valence-corrected chi connectivity index (χ3v) is 3.21. The van der Waals surface area contributed by atoms with Crippen molar-refractivity contribution in [2.45, 2.75) is 36.9 Å². The van der Waals surface area contributed by atoms with E-state index in [9.17, 15) is 20.4 Å². The van der Waals surface area contributed by atoms with E-state index in [1.807, 2.05) is 0 Å². The summed E-state index contributed by atoms with van der Waals surface area (Å²) in [6.45, 7) is -1.19. The van der Waals surface area contributed by atoms with Gasteiger partial charge in [0, 0.05) is 19.7 Å². The van der Waals surface area contributed by atoms with Crippen LogP contribution in [0.3, 0.4) is 0 Å². The van der Waals surface area contributed by atoms with Gasteiger partial charge >= 0.3 is 0 Å². The highest BCUT2D eigenvalue weighted by Crippen LogP contribution is 2.19. The smallest absolute Gasteiger partial charge is 0.126 e. The molecule has 6 N–H and O–H groups in total. The molecule has 0 aliphatic carbocycles. The number of aliphatic hydroxyl groups excluding tert-OH is 6. The zero-order valence-corrected chi connectivity index (χ0v) is 12.1. The molecule has 0 bridgehead atoms. The van der Waals surface area contributed by atoms with Crippen molar-refractivity contribution in [3.63, 3.8) is 0 Å². The van der Waals surface area contributed by atoms with Gasteiger partial charge in [0.25, 0.3) is 0 Å². The second-order valence-corrected chi connectivity index (χ2v) is 4.85. The van der Waals surface area contributed by atoms with Crippen LogP contribution in [0.25, 0.3) is 0 Å². The first-order chi connectivity index (χ1) is 10.4. The Kier molecular flexibility index (Phi) is 7.76. The zero-order valence-electron chi connectivity index (χ0n) is 12.1. The van der Waals surface area contributed by atoms with Crippen LogP contribution in [0.15, 0.2) is 12.4 Å². The number of methoxy groups -OCH3 is 1. The Labute approximate surface area is 127 Å². The van der Waals surface area contributed by atoms with Crippen molar-refractivity contribution in [2.24, 2.45) is 0 Å². The number of nitrogens with zero attached hydrogens (tertiary/aromatic N) is 2. The highest BCUT2D eigenvalue weighted by atomic mass is 16.5. The van der Waals surface area contributed by atoms with Gasteiger partial charge in [-0.25, -0.2) is 0 Å². The van der Waals surface area contributed by atoms with Crippen LogP contribution >= 0.6 is 0 Å². The van der Waals surface area contributed by atoms with E-state index in [0.717, 1.165) is 0 Å². The molecule has 0 unspecified atom stereocenters. The summed E-state index contributed by atoms with van der Waals surface area (Å²) in [6, 6.07) is 0. The Morgan fingerprint density at radius 3 is 2.18 bits per heavy atom. The van der Waals surface area contributed by atoms with Crippen molar-refractivity contribution < 1.29 is 35.4 Å². The van der Waals surface area contributed by atoms with Gasteiger partial charge in [-0.2, -0.15) is 0 Å². The molecule has 1 heterocycles. The number of hydrogen-bond donors (Lipinski definition) is 6. The Morgan fingerprint density at radius 1 is 1.00 bits per heavy atom. The Bertz CT molecular complexity index is 448. The zero-order chi connectivity index (χ0) is 16.7. The van der Waals surface area contributed by atoms with Crippen LogP contribution in [0.4, 0.5) is 0 Å². The molecule has 22 heavy (non-hydrogen) atoms. The first-order valence-electron chi connectivity index (χ1n) is 6.72. The van der Waals surface area contributed by atoms with Crippen LogP contribution in [0.1, 0.15) is 17.5 Å². The van der Waals surface area contributed by atoms with Gasteiger partial charge < -0.3 is 35.4 Å². The van der Waals surface area contributed by atoms with E-state index in [1.54, 1.807) is 0 Å². The van der Waals surface area contributed by atoms with Crippen LogP contribution in [0.2, 0.25) is 0 Å². The molecule has 0 aromatic carbocycles. The van der Waals surface area contributed by atoms with Crippen LogP contribution in [0, 0.1) is 0 Å². The second kappa shape index (κ2) is 9.06. The summed E-state index contributed by atoms with van der Waals surface area (Å²) in [5.74, 6) is 0. The molecule has 0 spiro atoms. The van der Waals surface area contributed by atoms with Crippen LogP contribution in [-0.2, 0) is 11.2 Å². The molecule has 9 heteroatoms. The van der Waals surface area contributed by atoms with Gasteiger partial charge in [0.05, 0.1) is 36.9 Å². The van der Waals surface area contributed by atoms with Gasteiger partial charge in [-0.1, -0.05) is 0 Å². The monoisotopic (exact) mass is 318 g/mol. The fourth-order valence-electron chi connectivity index (χ4n) is 1.90. The Morgan fingerprint density at radius 2 is 1.64 bits per heavy atom. The number of aliphatic hydroxyl groups is 6. The van der Waals surface area contributed by atoms with E-state index in [-0.39, 0.29) is 17.8 Å². The van der Waals surface area contributed by atoms with Crippen molar-refractivity contribution in [2.75, 3.05) is 20.3 Å². The molecule has 0 fully saturated rings. The first-order valence-corrected chi connectivity index (χ1v) is 6.72. The maximum atomic E-state index is 10.1. The summed E-state index contributed by atoms with van der Waals surface area (Å²) in [6.07, 6.45) is -3.73. The summed E-state index contributed by atoms with van der Waals surface area (Å²) in [5.41, 5.74) is 0.368. The average Bonchev–Trinajstić information content (AvgIpc) is 2.54. The van der Waals surface area contributed by atoms with E-state index in [4.69, 9.17) is 14.9 Å². The Balaban J connectivity index is 2.86. The highest BCUT2D eigenvalue weighted by molar-refractivity contribution is 5.09. The van der Waals surface area contributed by atoms with Gasteiger partial charge in [-0.05, 0) is 0 Å². The van der Waals surface area contributed by atoms with Gasteiger partial charge in [0.15, 0.2) is 0 Å². The lowest BCUT2D eigenvalue weighted by Gasteiger charge is -2.25. The second-order valence-electron chi connectivity index (χ2n) is 4.85. The molecule has 1 rings (SSSR count). The number of rotatable bonds is 9. The largest absolute Gasteiger partial charge is 0.394 e. The number of ether oxygens (including phenoxy) is 1. The maximum absolute atomic E-state index is 10.1. The molecule has 0 amide bonds. The predicted molar refractivity (Wildman–Crippen MR) is 73.7 cm³/mol. The summed E-state index contributed by atoms with van der Waals surface area (Å²) < 4.78 is 4.95. The van der Waals surface area contributed by atoms with Gasteiger partial charge in [0.1, 0.15) is 24.4 Å². The minimum atomic E-state index is -1.33. The molecule has 0 radical (unpaired) electrons. The van der Waals surface area contributed by atoms with Crippen LogP contribution < -0.4 is 0 Å². The van der Waals surface area contributed by atoms with Gasteiger partial charge in [-0.3, -0.25) is 9.97 Å². The highest BCUT2D eigenvalue weighted by Gasteiger charge is 2.29. The van der Waals surface area contributed by atoms with E-state index in [0.29, 0.717) is 0 Å². The molecule has 0 saturated carbocycles. The molecule has 5 atom stereocenters. The molecule has 126 valence electrons. The molecule has 0 aliphatic rings. The molecular weight excluding hydrogens is 296 g/mol. The molecule has 1 aromatic heterocycles. The standard InChI is InChI=1S/C13H22N2O7/c1-22-13(11(20)6-17)12(21)8-4-14-3-7(15-8)2-9(18)10(19)5-16/h3-4,9-13,16-21H,2,5-6H2,1H3/t9-,10-,11-,12+,13+/m0/s1.